The monoisotopic (exact) mass is 292 g/mol. The van der Waals surface area contributed by atoms with Gasteiger partial charge in [-0.15, -0.1) is 0 Å². The van der Waals surface area contributed by atoms with E-state index in [0.29, 0.717) is 6.61 Å². The highest BCUT2D eigenvalue weighted by molar-refractivity contribution is 5.35. The molecule has 1 aliphatic carbocycles. The summed E-state index contributed by atoms with van der Waals surface area (Å²) in [5, 5.41) is 14.3. The second-order valence-electron chi connectivity index (χ2n) is 5.67. The van der Waals surface area contributed by atoms with Gasteiger partial charge in [0.25, 0.3) is 5.69 Å². The number of nitro benzene ring substituents is 1. The second-order valence-corrected chi connectivity index (χ2v) is 5.67. The maximum absolute atomic E-state index is 10.9. The van der Waals surface area contributed by atoms with Gasteiger partial charge in [0.05, 0.1) is 11.5 Å². The minimum atomic E-state index is -0.342. The van der Waals surface area contributed by atoms with Gasteiger partial charge in [0, 0.05) is 31.3 Å². The topological polar surface area (TPSA) is 64.4 Å². The number of hydrogen-bond donors (Lipinski definition) is 1. The predicted molar refractivity (Wildman–Crippen MR) is 82.3 cm³/mol. The molecule has 1 aliphatic rings. The molecule has 1 unspecified atom stereocenters. The average Bonchev–Trinajstić information content (AvgIpc) is 3.30. The zero-order chi connectivity index (χ0) is 15.1. The Labute approximate surface area is 125 Å². The number of hydrogen-bond acceptors (Lipinski definition) is 4. The fourth-order valence-electron chi connectivity index (χ4n) is 2.37. The van der Waals surface area contributed by atoms with Crippen LogP contribution in [0, 0.1) is 16.0 Å². The van der Waals surface area contributed by atoms with E-state index in [1.807, 2.05) is 6.07 Å². The van der Waals surface area contributed by atoms with E-state index in [4.69, 9.17) is 4.74 Å². The van der Waals surface area contributed by atoms with Crippen molar-refractivity contribution in [1.82, 2.24) is 5.32 Å². The van der Waals surface area contributed by atoms with E-state index < -0.39 is 0 Å². The van der Waals surface area contributed by atoms with Crippen LogP contribution in [-0.2, 0) is 4.74 Å². The Morgan fingerprint density at radius 1 is 1.48 bits per heavy atom. The third kappa shape index (κ3) is 5.44. The fraction of sp³-hybridized carbons (Fsp3) is 0.625. The maximum Gasteiger partial charge on any atom is 0.269 e. The molecule has 0 radical (unpaired) electrons. The van der Waals surface area contributed by atoms with Crippen LogP contribution < -0.4 is 5.32 Å². The Balaban J connectivity index is 1.84. The summed E-state index contributed by atoms with van der Waals surface area (Å²) in [6.07, 6.45) is 4.60. The number of non-ortho nitro benzene ring substituents is 1. The van der Waals surface area contributed by atoms with Crippen LogP contribution in [0.2, 0.25) is 0 Å². The first-order valence-electron chi connectivity index (χ1n) is 7.76. The molecule has 21 heavy (non-hydrogen) atoms. The van der Waals surface area contributed by atoms with Crippen LogP contribution in [0.3, 0.4) is 0 Å². The lowest BCUT2D eigenvalue weighted by molar-refractivity contribution is -0.384. The number of nitrogens with zero attached hydrogens (tertiary/aromatic N) is 1. The molecule has 2 rings (SSSR count). The van der Waals surface area contributed by atoms with Crippen LogP contribution in [-0.4, -0.2) is 24.7 Å². The number of ether oxygens (including phenoxy) is 1. The Hall–Kier alpha value is -1.46. The van der Waals surface area contributed by atoms with Crippen molar-refractivity contribution in [3.8, 4) is 0 Å². The van der Waals surface area contributed by atoms with E-state index >= 15 is 0 Å². The largest absolute Gasteiger partial charge is 0.380 e. The van der Waals surface area contributed by atoms with E-state index in [1.54, 1.807) is 12.1 Å². The lowest BCUT2D eigenvalue weighted by Gasteiger charge is -2.18. The molecule has 1 aromatic rings. The lowest BCUT2D eigenvalue weighted by Crippen LogP contribution is -2.25. The Morgan fingerprint density at radius 2 is 2.29 bits per heavy atom. The summed E-state index contributed by atoms with van der Waals surface area (Å²) in [5.74, 6) is 0.785. The molecule has 116 valence electrons. The molecule has 1 N–H and O–H groups in total. The highest BCUT2D eigenvalue weighted by atomic mass is 16.6. The van der Waals surface area contributed by atoms with Gasteiger partial charge in [-0.25, -0.2) is 0 Å². The third-order valence-corrected chi connectivity index (χ3v) is 3.75. The van der Waals surface area contributed by atoms with Crippen LogP contribution in [0.1, 0.15) is 44.2 Å². The molecule has 5 nitrogen and oxygen atoms in total. The van der Waals surface area contributed by atoms with Gasteiger partial charge in [0.15, 0.2) is 0 Å². The summed E-state index contributed by atoms with van der Waals surface area (Å²) in [6, 6.07) is 7.05. The molecule has 0 spiro atoms. The number of nitrogens with one attached hydrogen (secondary N) is 1. The van der Waals surface area contributed by atoms with Crippen LogP contribution in [0.25, 0.3) is 0 Å². The Morgan fingerprint density at radius 3 is 2.95 bits per heavy atom. The number of rotatable bonds is 10. The summed E-state index contributed by atoms with van der Waals surface area (Å²) in [5.41, 5.74) is 1.13. The molecule has 1 atom stereocenters. The molecule has 0 amide bonds. The van der Waals surface area contributed by atoms with E-state index in [9.17, 15) is 10.1 Å². The van der Waals surface area contributed by atoms with Crippen molar-refractivity contribution in [2.75, 3.05) is 19.8 Å². The normalized spacial score (nSPS) is 15.9. The van der Waals surface area contributed by atoms with Crippen molar-refractivity contribution in [3.63, 3.8) is 0 Å². The first kappa shape index (κ1) is 15.9. The van der Waals surface area contributed by atoms with Crippen molar-refractivity contribution in [3.05, 3.63) is 39.9 Å². The second kappa shape index (κ2) is 8.10. The molecule has 1 saturated carbocycles. The van der Waals surface area contributed by atoms with Gasteiger partial charge in [-0.1, -0.05) is 25.5 Å². The lowest BCUT2D eigenvalue weighted by atomic mass is 10.0. The highest BCUT2D eigenvalue weighted by Gasteiger charge is 2.21. The van der Waals surface area contributed by atoms with Gasteiger partial charge >= 0.3 is 0 Å². The molecule has 1 fully saturated rings. The van der Waals surface area contributed by atoms with E-state index in [0.717, 1.165) is 37.5 Å². The van der Waals surface area contributed by atoms with E-state index in [2.05, 4.69) is 12.2 Å². The van der Waals surface area contributed by atoms with Crippen molar-refractivity contribution < 1.29 is 9.66 Å². The SMILES string of the molecule is CCCC(NCCOCC1CC1)c1cccc([N+](=O)[O-])c1. The first-order valence-corrected chi connectivity index (χ1v) is 7.76. The van der Waals surface area contributed by atoms with Crippen molar-refractivity contribution >= 4 is 5.69 Å². The highest BCUT2D eigenvalue weighted by Crippen LogP contribution is 2.28. The van der Waals surface area contributed by atoms with Crippen LogP contribution in [0.4, 0.5) is 5.69 Å². The first-order chi connectivity index (χ1) is 10.2. The standard InChI is InChI=1S/C16H24N2O3/c1-2-4-16(17-9-10-21-12-13-7-8-13)14-5-3-6-15(11-14)18(19)20/h3,5-6,11,13,16-17H,2,4,7-10,12H2,1H3. The molecule has 0 saturated heterocycles. The quantitative estimate of drug-likeness (QED) is 0.407. The van der Waals surface area contributed by atoms with Gasteiger partial charge in [0.2, 0.25) is 0 Å². The molecule has 0 bridgehead atoms. The number of nitro groups is 1. The smallest absolute Gasteiger partial charge is 0.269 e. The van der Waals surface area contributed by atoms with Crippen LogP contribution >= 0.6 is 0 Å². The van der Waals surface area contributed by atoms with Crippen molar-refractivity contribution in [1.29, 1.82) is 0 Å². The van der Waals surface area contributed by atoms with Gasteiger partial charge in [-0.2, -0.15) is 0 Å². The summed E-state index contributed by atoms with van der Waals surface area (Å²) < 4.78 is 5.61. The van der Waals surface area contributed by atoms with Gasteiger partial charge in [-0.05, 0) is 30.7 Å². The van der Waals surface area contributed by atoms with E-state index in [-0.39, 0.29) is 16.7 Å². The molecular weight excluding hydrogens is 268 g/mol. The van der Waals surface area contributed by atoms with Crippen LogP contribution in [0.5, 0.6) is 0 Å². The third-order valence-electron chi connectivity index (χ3n) is 3.75. The van der Waals surface area contributed by atoms with Crippen LogP contribution in [0.15, 0.2) is 24.3 Å². The molecule has 1 aromatic carbocycles. The van der Waals surface area contributed by atoms with Crippen molar-refractivity contribution in [2.45, 2.75) is 38.6 Å². The summed E-state index contributed by atoms with van der Waals surface area (Å²) >= 11 is 0. The minimum Gasteiger partial charge on any atom is -0.380 e. The molecular formula is C16H24N2O3. The molecule has 0 aliphatic heterocycles. The summed E-state index contributed by atoms with van der Waals surface area (Å²) in [7, 11) is 0. The fourth-order valence-corrected chi connectivity index (χ4v) is 2.37. The zero-order valence-corrected chi connectivity index (χ0v) is 12.6. The predicted octanol–water partition coefficient (Wildman–Crippen LogP) is 3.45. The average molecular weight is 292 g/mol. The van der Waals surface area contributed by atoms with E-state index in [1.165, 1.54) is 18.9 Å². The zero-order valence-electron chi connectivity index (χ0n) is 12.6. The minimum absolute atomic E-state index is 0.152. The van der Waals surface area contributed by atoms with Gasteiger partial charge < -0.3 is 10.1 Å². The Kier molecular flexibility index (Phi) is 6.14. The summed E-state index contributed by atoms with van der Waals surface area (Å²) in [6.45, 7) is 4.47. The molecule has 5 heteroatoms. The number of benzene rings is 1. The Bertz CT molecular complexity index is 461. The van der Waals surface area contributed by atoms with Gasteiger partial charge in [0.1, 0.15) is 0 Å². The van der Waals surface area contributed by atoms with Crippen molar-refractivity contribution in [2.24, 2.45) is 5.92 Å². The maximum atomic E-state index is 10.9. The summed E-state index contributed by atoms with van der Waals surface area (Å²) in [4.78, 5) is 10.5. The molecule has 0 heterocycles. The van der Waals surface area contributed by atoms with Gasteiger partial charge in [-0.3, -0.25) is 10.1 Å². The molecule has 0 aromatic heterocycles.